The molecule has 1 aliphatic carbocycles. The highest BCUT2D eigenvalue weighted by molar-refractivity contribution is 7.92. The highest BCUT2D eigenvalue weighted by atomic mass is 32.2. The van der Waals surface area contributed by atoms with E-state index in [2.05, 4.69) is 15.2 Å². The number of nitrogens with zero attached hydrogens (tertiary/aromatic N) is 1. The second kappa shape index (κ2) is 8.88. The van der Waals surface area contributed by atoms with Crippen LogP contribution in [0.3, 0.4) is 0 Å². The first-order chi connectivity index (χ1) is 15.4. The van der Waals surface area contributed by atoms with Crippen molar-refractivity contribution in [2.24, 2.45) is 5.92 Å². The minimum absolute atomic E-state index is 0.0240. The van der Waals surface area contributed by atoms with Crippen molar-refractivity contribution in [2.45, 2.75) is 24.7 Å². The summed E-state index contributed by atoms with van der Waals surface area (Å²) in [7, 11) is -2.23. The lowest BCUT2D eigenvalue weighted by Crippen LogP contribution is -2.14. The molecular formula is C23H23N3O5S. The van der Waals surface area contributed by atoms with Gasteiger partial charge in [0, 0.05) is 12.0 Å². The molecule has 1 fully saturated rings. The number of amides is 1. The Balaban J connectivity index is 1.47. The summed E-state index contributed by atoms with van der Waals surface area (Å²) >= 11 is 0. The van der Waals surface area contributed by atoms with Gasteiger partial charge in [0.2, 0.25) is 5.91 Å². The highest BCUT2D eigenvalue weighted by Crippen LogP contribution is 2.32. The summed E-state index contributed by atoms with van der Waals surface area (Å²) in [6.45, 7) is 1.76. The van der Waals surface area contributed by atoms with E-state index in [1.807, 2.05) is 0 Å². The average molecular weight is 454 g/mol. The number of methoxy groups -OCH3 is 1. The molecule has 1 amide bonds. The molecular weight excluding hydrogens is 430 g/mol. The van der Waals surface area contributed by atoms with Crippen LogP contribution in [-0.4, -0.2) is 26.6 Å². The quantitative estimate of drug-likeness (QED) is 0.526. The lowest BCUT2D eigenvalue weighted by atomic mass is 10.2. The van der Waals surface area contributed by atoms with Crippen molar-refractivity contribution in [1.29, 1.82) is 0 Å². The number of benzene rings is 2. The summed E-state index contributed by atoms with van der Waals surface area (Å²) in [5.41, 5.74) is 2.33. The number of aromatic nitrogens is 1. The molecule has 1 heterocycles. The molecule has 1 aromatic heterocycles. The van der Waals surface area contributed by atoms with Crippen LogP contribution in [-0.2, 0) is 14.8 Å². The standard InChI is InChI=1S/C23H23N3O5S/c1-15-22(24-23(27)17-9-10-17)21(31-25-15)13-8-16-6-11-20(12-7-16)32(28,29)26-18-4-3-5-19(14-18)30-2/h3-8,11-14,17,26H,9-10H2,1-2H3,(H,24,27)/b13-8-. The van der Waals surface area contributed by atoms with Crippen molar-refractivity contribution >= 4 is 39.5 Å². The molecule has 4 rings (SSSR count). The number of aryl methyl sites for hydroxylation is 1. The smallest absolute Gasteiger partial charge is 0.261 e. The maximum absolute atomic E-state index is 12.7. The van der Waals surface area contributed by atoms with Gasteiger partial charge in [-0.05, 0) is 55.7 Å². The lowest BCUT2D eigenvalue weighted by Gasteiger charge is -2.09. The summed E-state index contributed by atoms with van der Waals surface area (Å²) in [5.74, 6) is 1.04. The van der Waals surface area contributed by atoms with E-state index in [1.165, 1.54) is 19.2 Å². The average Bonchev–Trinajstić information content (AvgIpc) is 3.58. The zero-order valence-electron chi connectivity index (χ0n) is 17.7. The zero-order valence-corrected chi connectivity index (χ0v) is 18.5. The molecule has 0 saturated heterocycles. The van der Waals surface area contributed by atoms with Crippen LogP contribution in [0, 0.1) is 12.8 Å². The van der Waals surface area contributed by atoms with Gasteiger partial charge in [0.1, 0.15) is 17.1 Å². The summed E-state index contributed by atoms with van der Waals surface area (Å²) in [6, 6.07) is 13.1. The molecule has 0 aliphatic heterocycles. The molecule has 1 saturated carbocycles. The molecule has 0 radical (unpaired) electrons. The normalized spacial score (nSPS) is 13.8. The first kappa shape index (κ1) is 21.6. The van der Waals surface area contributed by atoms with Gasteiger partial charge in [0.25, 0.3) is 10.0 Å². The summed E-state index contributed by atoms with van der Waals surface area (Å²) in [5, 5.41) is 6.80. The predicted octanol–water partition coefficient (Wildman–Crippen LogP) is 4.31. The Bertz CT molecular complexity index is 1260. The van der Waals surface area contributed by atoms with Crippen molar-refractivity contribution in [3.05, 3.63) is 65.5 Å². The van der Waals surface area contributed by atoms with Gasteiger partial charge >= 0.3 is 0 Å². The molecule has 1 aliphatic rings. The molecule has 0 bridgehead atoms. The number of hydrogen-bond acceptors (Lipinski definition) is 6. The Morgan fingerprint density at radius 2 is 1.91 bits per heavy atom. The van der Waals surface area contributed by atoms with Crippen LogP contribution < -0.4 is 14.8 Å². The maximum atomic E-state index is 12.7. The Morgan fingerprint density at radius 1 is 1.16 bits per heavy atom. The van der Waals surface area contributed by atoms with Crippen LogP contribution in [0.2, 0.25) is 0 Å². The van der Waals surface area contributed by atoms with Crippen LogP contribution in [0.25, 0.3) is 12.2 Å². The summed E-state index contributed by atoms with van der Waals surface area (Å²) in [6.07, 6.45) is 5.27. The van der Waals surface area contributed by atoms with Gasteiger partial charge in [-0.3, -0.25) is 9.52 Å². The molecule has 8 nitrogen and oxygen atoms in total. The fourth-order valence-electron chi connectivity index (χ4n) is 3.05. The zero-order chi connectivity index (χ0) is 22.7. The van der Waals surface area contributed by atoms with E-state index in [-0.39, 0.29) is 16.7 Å². The first-order valence-corrected chi connectivity index (χ1v) is 11.6. The fraction of sp³-hybridized carbons (Fsp3) is 0.217. The Hall–Kier alpha value is -3.59. The van der Waals surface area contributed by atoms with Crippen LogP contribution >= 0.6 is 0 Å². The largest absolute Gasteiger partial charge is 0.497 e. The van der Waals surface area contributed by atoms with Gasteiger partial charge in [0.05, 0.1) is 17.7 Å². The Kier molecular flexibility index (Phi) is 6.00. The molecule has 166 valence electrons. The molecule has 0 unspecified atom stereocenters. The van der Waals surface area contributed by atoms with E-state index < -0.39 is 10.0 Å². The highest BCUT2D eigenvalue weighted by Gasteiger charge is 2.30. The van der Waals surface area contributed by atoms with Crippen molar-refractivity contribution in [1.82, 2.24) is 5.16 Å². The Morgan fingerprint density at radius 3 is 2.59 bits per heavy atom. The van der Waals surface area contributed by atoms with Crippen molar-refractivity contribution in [2.75, 3.05) is 17.1 Å². The minimum atomic E-state index is -3.75. The second-order valence-corrected chi connectivity index (χ2v) is 9.19. The van der Waals surface area contributed by atoms with E-state index in [9.17, 15) is 13.2 Å². The summed E-state index contributed by atoms with van der Waals surface area (Å²) in [4.78, 5) is 12.2. The Labute approximate surface area is 186 Å². The van der Waals surface area contributed by atoms with Gasteiger partial charge < -0.3 is 14.6 Å². The van der Waals surface area contributed by atoms with Crippen LogP contribution in [0.4, 0.5) is 11.4 Å². The molecule has 3 aromatic rings. The van der Waals surface area contributed by atoms with Crippen LogP contribution in [0.15, 0.2) is 57.9 Å². The van der Waals surface area contributed by atoms with Crippen LogP contribution in [0.5, 0.6) is 5.75 Å². The van der Waals surface area contributed by atoms with E-state index in [1.54, 1.807) is 55.5 Å². The predicted molar refractivity (Wildman–Crippen MR) is 122 cm³/mol. The number of ether oxygens (including phenoxy) is 1. The SMILES string of the molecule is COc1cccc(NS(=O)(=O)c2ccc(/C=C\c3onc(C)c3NC(=O)C3CC3)cc2)c1. The van der Waals surface area contributed by atoms with E-state index in [0.717, 1.165) is 18.4 Å². The van der Waals surface area contributed by atoms with Crippen LogP contribution in [0.1, 0.15) is 29.9 Å². The molecule has 2 N–H and O–H groups in total. The lowest BCUT2D eigenvalue weighted by molar-refractivity contribution is -0.117. The third-order valence-electron chi connectivity index (χ3n) is 5.02. The van der Waals surface area contributed by atoms with Crippen molar-refractivity contribution in [3.63, 3.8) is 0 Å². The van der Waals surface area contributed by atoms with Crippen molar-refractivity contribution in [3.8, 4) is 5.75 Å². The topological polar surface area (TPSA) is 111 Å². The van der Waals surface area contributed by atoms with Gasteiger partial charge in [-0.2, -0.15) is 0 Å². The third-order valence-corrected chi connectivity index (χ3v) is 6.42. The number of rotatable bonds is 8. The number of hydrogen-bond donors (Lipinski definition) is 2. The van der Waals surface area contributed by atoms with Crippen molar-refractivity contribution < 1.29 is 22.5 Å². The van der Waals surface area contributed by atoms with Gasteiger partial charge in [-0.1, -0.05) is 29.4 Å². The molecule has 2 aromatic carbocycles. The van der Waals surface area contributed by atoms with Gasteiger partial charge in [-0.15, -0.1) is 0 Å². The number of anilines is 2. The first-order valence-electron chi connectivity index (χ1n) is 10.1. The number of carbonyl (C=O) groups excluding carboxylic acids is 1. The summed E-state index contributed by atoms with van der Waals surface area (Å²) < 4.78 is 38.3. The molecule has 9 heteroatoms. The third kappa shape index (κ3) is 5.00. The van der Waals surface area contributed by atoms with E-state index >= 15 is 0 Å². The van der Waals surface area contributed by atoms with Gasteiger partial charge in [-0.25, -0.2) is 8.42 Å². The number of sulfonamides is 1. The molecule has 0 atom stereocenters. The fourth-order valence-corrected chi connectivity index (χ4v) is 4.10. The second-order valence-electron chi connectivity index (χ2n) is 7.51. The molecule has 0 spiro atoms. The van der Waals surface area contributed by atoms with Gasteiger partial charge in [0.15, 0.2) is 5.76 Å². The van der Waals surface area contributed by atoms with E-state index in [0.29, 0.717) is 28.6 Å². The monoisotopic (exact) mass is 453 g/mol. The number of carbonyl (C=O) groups is 1. The molecule has 32 heavy (non-hydrogen) atoms. The minimum Gasteiger partial charge on any atom is -0.497 e. The van der Waals surface area contributed by atoms with E-state index in [4.69, 9.17) is 9.26 Å². The maximum Gasteiger partial charge on any atom is 0.261 e. The number of nitrogens with one attached hydrogen (secondary N) is 2.